The molecule has 0 bridgehead atoms. The molecule has 0 saturated carbocycles. The summed E-state index contributed by atoms with van der Waals surface area (Å²) in [5.41, 5.74) is 0. The second-order valence-corrected chi connectivity index (χ2v) is 3.56. The van der Waals surface area contributed by atoms with Crippen molar-refractivity contribution in [1.82, 2.24) is 0 Å². The van der Waals surface area contributed by atoms with E-state index in [2.05, 4.69) is 0 Å². The highest BCUT2D eigenvalue weighted by atomic mass is 32.2. The fourth-order valence-corrected chi connectivity index (χ4v) is 1.79. The summed E-state index contributed by atoms with van der Waals surface area (Å²) in [4.78, 5) is -0.765. The molecule has 3 heteroatoms. The third-order valence-corrected chi connectivity index (χ3v) is 2.83. The van der Waals surface area contributed by atoms with Crippen LogP contribution in [0, 0.1) is 0 Å². The molecule has 1 aliphatic carbocycles. The molecule has 1 saturated heterocycles. The average molecular weight is 142 g/mol. The topological polar surface area (TPSA) is 40.5 Å². The van der Waals surface area contributed by atoms with Crippen molar-refractivity contribution in [1.29, 1.82) is 0 Å². The van der Waals surface area contributed by atoms with Crippen molar-refractivity contribution < 1.29 is 10.2 Å². The van der Waals surface area contributed by atoms with E-state index < -0.39 is 4.93 Å². The maximum absolute atomic E-state index is 9.29. The summed E-state index contributed by atoms with van der Waals surface area (Å²) >= 11 is 1.36. The normalized spacial score (nSPS) is 45.9. The van der Waals surface area contributed by atoms with E-state index in [1.54, 1.807) is 18.2 Å². The standard InChI is InChI=1S/C6H6O2S/c7-4-2-1-3-6(8)5(4)9-6/h1-3,5,7-8H/t5-,6+/m0/s1. The van der Waals surface area contributed by atoms with E-state index in [4.69, 9.17) is 5.11 Å². The molecule has 0 aromatic rings. The average Bonchev–Trinajstić information content (AvgIpc) is 2.43. The summed E-state index contributed by atoms with van der Waals surface area (Å²) < 4.78 is 0. The van der Waals surface area contributed by atoms with Gasteiger partial charge in [0.2, 0.25) is 0 Å². The van der Waals surface area contributed by atoms with Crippen molar-refractivity contribution in [2.75, 3.05) is 0 Å². The molecule has 48 valence electrons. The number of fused-ring (bicyclic) bond motifs is 1. The maximum Gasteiger partial charge on any atom is 0.149 e. The van der Waals surface area contributed by atoms with E-state index in [1.807, 2.05) is 0 Å². The number of allylic oxidation sites excluding steroid dienone is 2. The Labute approximate surface area is 56.9 Å². The van der Waals surface area contributed by atoms with Crippen LogP contribution in [0.2, 0.25) is 0 Å². The van der Waals surface area contributed by atoms with Crippen LogP contribution in [-0.4, -0.2) is 20.4 Å². The smallest absolute Gasteiger partial charge is 0.149 e. The van der Waals surface area contributed by atoms with Crippen LogP contribution in [0.25, 0.3) is 0 Å². The Hall–Kier alpha value is -0.410. The van der Waals surface area contributed by atoms with Gasteiger partial charge in [0, 0.05) is 0 Å². The predicted octanol–water partition coefficient (Wildman–Crippen LogP) is 0.802. The van der Waals surface area contributed by atoms with Gasteiger partial charge in [0.15, 0.2) is 0 Å². The predicted molar refractivity (Wildman–Crippen MR) is 36.2 cm³/mol. The van der Waals surface area contributed by atoms with Gasteiger partial charge < -0.3 is 10.2 Å². The first-order chi connectivity index (χ1) is 4.22. The summed E-state index contributed by atoms with van der Waals surface area (Å²) in [6.07, 6.45) is 4.98. The molecule has 2 nitrogen and oxygen atoms in total. The Bertz CT molecular complexity index is 209. The van der Waals surface area contributed by atoms with Crippen molar-refractivity contribution >= 4 is 11.8 Å². The molecule has 0 aromatic carbocycles. The monoisotopic (exact) mass is 142 g/mol. The lowest BCUT2D eigenvalue weighted by Gasteiger charge is -2.03. The van der Waals surface area contributed by atoms with Crippen LogP contribution in [0.1, 0.15) is 0 Å². The molecule has 2 atom stereocenters. The molecule has 0 radical (unpaired) electrons. The number of aliphatic hydroxyl groups excluding tert-OH is 1. The molecule has 1 aliphatic heterocycles. The number of thioether (sulfide) groups is 1. The lowest BCUT2D eigenvalue weighted by Crippen LogP contribution is -2.13. The van der Waals surface area contributed by atoms with Gasteiger partial charge in [-0.25, -0.2) is 0 Å². The first-order valence-electron chi connectivity index (χ1n) is 2.71. The van der Waals surface area contributed by atoms with Crippen LogP contribution in [0.15, 0.2) is 24.0 Å². The molecule has 9 heavy (non-hydrogen) atoms. The molecular formula is C6H6O2S. The van der Waals surface area contributed by atoms with Crippen LogP contribution in [0.5, 0.6) is 0 Å². The molecule has 0 spiro atoms. The zero-order chi connectivity index (χ0) is 6.48. The second kappa shape index (κ2) is 1.36. The highest BCUT2D eigenvalue weighted by Crippen LogP contribution is 2.56. The molecule has 1 fully saturated rings. The van der Waals surface area contributed by atoms with Gasteiger partial charge in [0.1, 0.15) is 15.9 Å². The fraction of sp³-hybridized carbons (Fsp3) is 0.333. The second-order valence-electron chi connectivity index (χ2n) is 2.20. The van der Waals surface area contributed by atoms with Crippen molar-refractivity contribution in [2.24, 2.45) is 0 Å². The third-order valence-electron chi connectivity index (χ3n) is 1.50. The van der Waals surface area contributed by atoms with Crippen molar-refractivity contribution in [3.05, 3.63) is 24.0 Å². The molecule has 0 aromatic heterocycles. The zero-order valence-electron chi connectivity index (χ0n) is 4.61. The van der Waals surface area contributed by atoms with E-state index in [0.717, 1.165) is 0 Å². The highest BCUT2D eigenvalue weighted by molar-refractivity contribution is 8.08. The summed E-state index contributed by atoms with van der Waals surface area (Å²) in [6, 6.07) is 0. The number of hydrogen-bond donors (Lipinski definition) is 2. The summed E-state index contributed by atoms with van der Waals surface area (Å²) in [5.74, 6) is 0.282. The lowest BCUT2D eigenvalue weighted by atomic mass is 10.1. The fourth-order valence-electron chi connectivity index (χ4n) is 0.926. The van der Waals surface area contributed by atoms with Gasteiger partial charge in [-0.3, -0.25) is 0 Å². The van der Waals surface area contributed by atoms with E-state index in [0.29, 0.717) is 0 Å². The van der Waals surface area contributed by atoms with Crippen LogP contribution < -0.4 is 0 Å². The largest absolute Gasteiger partial charge is 0.511 e. The van der Waals surface area contributed by atoms with Crippen molar-refractivity contribution in [3.63, 3.8) is 0 Å². The van der Waals surface area contributed by atoms with Gasteiger partial charge in [-0.1, -0.05) is 6.08 Å². The van der Waals surface area contributed by atoms with Crippen LogP contribution in [0.4, 0.5) is 0 Å². The number of aliphatic hydroxyl groups is 2. The van der Waals surface area contributed by atoms with Crippen LogP contribution >= 0.6 is 11.8 Å². The molecular weight excluding hydrogens is 136 g/mol. The SMILES string of the molecule is OC1=CC=C[C@@]2(O)S[C@@H]12. The van der Waals surface area contributed by atoms with E-state index in [-0.39, 0.29) is 11.0 Å². The Morgan fingerprint density at radius 1 is 1.67 bits per heavy atom. The van der Waals surface area contributed by atoms with Crippen LogP contribution in [-0.2, 0) is 0 Å². The Balaban J connectivity index is 2.34. The summed E-state index contributed by atoms with van der Waals surface area (Å²) in [7, 11) is 0. The summed E-state index contributed by atoms with van der Waals surface area (Å²) in [5, 5.41) is 18.2. The van der Waals surface area contributed by atoms with Gasteiger partial charge in [-0.15, -0.1) is 11.8 Å². The molecule has 2 N–H and O–H groups in total. The van der Waals surface area contributed by atoms with Gasteiger partial charge >= 0.3 is 0 Å². The Morgan fingerprint density at radius 2 is 2.44 bits per heavy atom. The summed E-state index contributed by atoms with van der Waals surface area (Å²) in [6.45, 7) is 0. The lowest BCUT2D eigenvalue weighted by molar-refractivity contribution is 0.209. The number of hydrogen-bond acceptors (Lipinski definition) is 3. The van der Waals surface area contributed by atoms with Gasteiger partial charge in [-0.05, 0) is 12.2 Å². The first kappa shape index (κ1) is 5.38. The maximum atomic E-state index is 9.29. The van der Waals surface area contributed by atoms with E-state index in [9.17, 15) is 5.11 Å². The minimum Gasteiger partial charge on any atom is -0.511 e. The van der Waals surface area contributed by atoms with Gasteiger partial charge in [0.25, 0.3) is 0 Å². The van der Waals surface area contributed by atoms with Crippen molar-refractivity contribution in [2.45, 2.75) is 10.2 Å². The quantitative estimate of drug-likeness (QED) is 0.491. The molecule has 2 rings (SSSR count). The number of rotatable bonds is 0. The molecule has 1 heterocycles. The molecule has 0 unspecified atom stereocenters. The Morgan fingerprint density at radius 3 is 3.00 bits per heavy atom. The Kier molecular flexibility index (Phi) is 0.811. The van der Waals surface area contributed by atoms with E-state index in [1.165, 1.54) is 11.8 Å². The molecule has 0 amide bonds. The minimum atomic E-state index is -0.765. The van der Waals surface area contributed by atoms with Gasteiger partial charge in [0.05, 0.1) is 0 Å². The van der Waals surface area contributed by atoms with Gasteiger partial charge in [-0.2, -0.15) is 0 Å². The van der Waals surface area contributed by atoms with Crippen molar-refractivity contribution in [3.8, 4) is 0 Å². The zero-order valence-corrected chi connectivity index (χ0v) is 5.43. The van der Waals surface area contributed by atoms with Crippen LogP contribution in [0.3, 0.4) is 0 Å². The third kappa shape index (κ3) is 0.618. The molecule has 2 aliphatic rings. The van der Waals surface area contributed by atoms with E-state index >= 15 is 0 Å². The first-order valence-corrected chi connectivity index (χ1v) is 3.59. The highest BCUT2D eigenvalue weighted by Gasteiger charge is 2.56. The minimum absolute atomic E-state index is 0.0810.